The SMILES string of the molecule is CC1(c2ccc(SC[N+](=O)[O-])cc2)OCCO1. The molecule has 0 aliphatic carbocycles. The van der Waals surface area contributed by atoms with Gasteiger partial charge in [-0.1, -0.05) is 23.9 Å². The van der Waals surface area contributed by atoms with Crippen LogP contribution in [0.15, 0.2) is 29.2 Å². The van der Waals surface area contributed by atoms with Gasteiger partial charge in [0.15, 0.2) is 5.79 Å². The fraction of sp³-hybridized carbons (Fsp3) is 0.455. The molecule has 0 spiro atoms. The molecule has 1 saturated heterocycles. The molecule has 1 aromatic rings. The summed E-state index contributed by atoms with van der Waals surface area (Å²) in [5.41, 5.74) is 0.931. The van der Waals surface area contributed by atoms with E-state index in [1.165, 1.54) is 11.8 Å². The van der Waals surface area contributed by atoms with Gasteiger partial charge in [0.2, 0.25) is 0 Å². The molecule has 0 N–H and O–H groups in total. The van der Waals surface area contributed by atoms with Gasteiger partial charge in [-0.15, -0.1) is 0 Å². The fourth-order valence-corrected chi connectivity index (χ4v) is 2.25. The molecule has 0 aromatic heterocycles. The maximum absolute atomic E-state index is 10.2. The lowest BCUT2D eigenvalue weighted by atomic mass is 10.1. The third-order valence-electron chi connectivity index (χ3n) is 2.55. The van der Waals surface area contributed by atoms with E-state index in [2.05, 4.69) is 0 Å². The van der Waals surface area contributed by atoms with E-state index in [0.29, 0.717) is 13.2 Å². The number of rotatable bonds is 4. The molecule has 0 amide bonds. The first-order valence-corrected chi connectivity index (χ1v) is 6.22. The van der Waals surface area contributed by atoms with Gasteiger partial charge in [0.25, 0.3) is 5.88 Å². The second kappa shape index (κ2) is 5.03. The van der Waals surface area contributed by atoms with E-state index < -0.39 is 5.79 Å². The van der Waals surface area contributed by atoms with Crippen LogP contribution in [-0.4, -0.2) is 24.0 Å². The molecule has 1 aliphatic rings. The summed E-state index contributed by atoms with van der Waals surface area (Å²) in [6.07, 6.45) is 0. The molecule has 17 heavy (non-hydrogen) atoms. The molecular formula is C11H13NO4S. The zero-order chi connectivity index (χ0) is 12.3. The molecule has 1 fully saturated rings. The van der Waals surface area contributed by atoms with Gasteiger partial charge in [0.1, 0.15) is 0 Å². The smallest absolute Gasteiger partial charge is 0.253 e. The summed E-state index contributed by atoms with van der Waals surface area (Å²) in [6, 6.07) is 7.46. The van der Waals surface area contributed by atoms with Crippen LogP contribution in [0.3, 0.4) is 0 Å². The Balaban J connectivity index is 2.05. The molecule has 2 rings (SSSR count). The van der Waals surface area contributed by atoms with Crippen molar-refractivity contribution in [1.82, 2.24) is 0 Å². The average Bonchev–Trinajstić information content (AvgIpc) is 2.75. The van der Waals surface area contributed by atoms with E-state index in [4.69, 9.17) is 9.47 Å². The van der Waals surface area contributed by atoms with Crippen molar-refractivity contribution >= 4 is 11.8 Å². The zero-order valence-electron chi connectivity index (χ0n) is 9.42. The molecule has 5 nitrogen and oxygen atoms in total. The van der Waals surface area contributed by atoms with Crippen molar-refractivity contribution in [1.29, 1.82) is 0 Å². The molecule has 0 bridgehead atoms. The van der Waals surface area contributed by atoms with Crippen molar-refractivity contribution in [2.75, 3.05) is 19.1 Å². The normalized spacial score (nSPS) is 18.2. The summed E-state index contributed by atoms with van der Waals surface area (Å²) in [4.78, 5) is 10.8. The minimum Gasteiger partial charge on any atom is -0.344 e. The van der Waals surface area contributed by atoms with Crippen molar-refractivity contribution in [3.05, 3.63) is 39.9 Å². The first kappa shape index (κ1) is 12.3. The first-order chi connectivity index (χ1) is 8.10. The quantitative estimate of drug-likeness (QED) is 0.357. The number of hydrogen-bond acceptors (Lipinski definition) is 5. The predicted molar refractivity (Wildman–Crippen MR) is 63.4 cm³/mol. The lowest BCUT2D eigenvalue weighted by molar-refractivity contribution is -0.456. The van der Waals surface area contributed by atoms with Crippen molar-refractivity contribution in [3.8, 4) is 0 Å². The van der Waals surface area contributed by atoms with E-state index in [1.807, 2.05) is 31.2 Å². The van der Waals surface area contributed by atoms with E-state index in [0.717, 1.165) is 10.5 Å². The molecule has 1 aromatic carbocycles. The second-order valence-electron chi connectivity index (χ2n) is 3.77. The van der Waals surface area contributed by atoms with Gasteiger partial charge >= 0.3 is 0 Å². The molecule has 1 heterocycles. The number of thioether (sulfide) groups is 1. The molecule has 0 atom stereocenters. The van der Waals surface area contributed by atoms with Crippen LogP contribution in [0.25, 0.3) is 0 Å². The van der Waals surface area contributed by atoms with Crippen molar-refractivity contribution < 1.29 is 14.4 Å². The highest BCUT2D eigenvalue weighted by molar-refractivity contribution is 7.99. The van der Waals surface area contributed by atoms with Crippen LogP contribution in [0.2, 0.25) is 0 Å². The molecule has 0 saturated carbocycles. The molecule has 92 valence electrons. The lowest BCUT2D eigenvalue weighted by Crippen LogP contribution is -2.22. The van der Waals surface area contributed by atoms with Crippen LogP contribution in [0, 0.1) is 10.1 Å². The summed E-state index contributed by atoms with van der Waals surface area (Å²) in [6.45, 7) is 3.06. The summed E-state index contributed by atoms with van der Waals surface area (Å²) in [5.74, 6) is -0.796. The minimum atomic E-state index is -0.674. The first-order valence-electron chi connectivity index (χ1n) is 5.23. The number of hydrogen-bond donors (Lipinski definition) is 0. The van der Waals surface area contributed by atoms with Crippen molar-refractivity contribution in [2.24, 2.45) is 0 Å². The van der Waals surface area contributed by atoms with Crippen LogP contribution in [0.5, 0.6) is 0 Å². The third kappa shape index (κ3) is 2.96. The Morgan fingerprint density at radius 3 is 2.47 bits per heavy atom. The second-order valence-corrected chi connectivity index (χ2v) is 4.79. The van der Waals surface area contributed by atoms with Crippen LogP contribution < -0.4 is 0 Å². The molecule has 0 unspecified atom stereocenters. The maximum Gasteiger partial charge on any atom is 0.253 e. The number of nitro groups is 1. The Kier molecular flexibility index (Phi) is 3.66. The van der Waals surface area contributed by atoms with Gasteiger partial charge in [-0.05, 0) is 19.1 Å². The Morgan fingerprint density at radius 2 is 1.94 bits per heavy atom. The topological polar surface area (TPSA) is 61.6 Å². The molecule has 0 radical (unpaired) electrons. The standard InChI is InChI=1S/C11H13NO4S/c1-11(15-6-7-16-11)9-2-4-10(5-3-9)17-8-12(13)14/h2-5H,6-8H2,1H3. The third-order valence-corrected chi connectivity index (χ3v) is 3.50. The van der Waals surface area contributed by atoms with Gasteiger partial charge in [0.05, 0.1) is 13.2 Å². The molecule has 1 aliphatic heterocycles. The predicted octanol–water partition coefficient (Wildman–Crippen LogP) is 2.23. The number of benzene rings is 1. The van der Waals surface area contributed by atoms with E-state index in [1.54, 1.807) is 0 Å². The number of ether oxygens (including phenoxy) is 2. The summed E-state index contributed by atoms with van der Waals surface area (Å²) < 4.78 is 11.1. The fourth-order valence-electron chi connectivity index (χ4n) is 1.66. The van der Waals surface area contributed by atoms with Gasteiger partial charge in [-0.2, -0.15) is 0 Å². The van der Waals surface area contributed by atoms with Crippen LogP contribution in [-0.2, 0) is 15.3 Å². The summed E-state index contributed by atoms with van der Waals surface area (Å²) in [5, 5.41) is 10.2. The Morgan fingerprint density at radius 1 is 1.35 bits per heavy atom. The molecule has 6 heteroatoms. The monoisotopic (exact) mass is 255 g/mol. The summed E-state index contributed by atoms with van der Waals surface area (Å²) >= 11 is 1.20. The minimum absolute atomic E-state index is 0.121. The van der Waals surface area contributed by atoms with Gasteiger partial charge in [0, 0.05) is 15.4 Å². The zero-order valence-corrected chi connectivity index (χ0v) is 10.2. The van der Waals surface area contributed by atoms with Gasteiger partial charge in [-0.3, -0.25) is 10.1 Å². The largest absolute Gasteiger partial charge is 0.344 e. The maximum atomic E-state index is 10.2. The highest BCUT2D eigenvalue weighted by Gasteiger charge is 2.32. The van der Waals surface area contributed by atoms with Crippen LogP contribution >= 0.6 is 11.8 Å². The highest BCUT2D eigenvalue weighted by atomic mass is 32.2. The van der Waals surface area contributed by atoms with E-state index in [9.17, 15) is 10.1 Å². The van der Waals surface area contributed by atoms with Crippen LogP contribution in [0.1, 0.15) is 12.5 Å². The Labute approximate surface area is 103 Å². The number of nitrogens with zero attached hydrogens (tertiary/aromatic N) is 1. The van der Waals surface area contributed by atoms with Crippen molar-refractivity contribution in [3.63, 3.8) is 0 Å². The lowest BCUT2D eigenvalue weighted by Gasteiger charge is -2.22. The van der Waals surface area contributed by atoms with Gasteiger partial charge < -0.3 is 9.47 Å². The van der Waals surface area contributed by atoms with Crippen LogP contribution in [0.4, 0.5) is 0 Å². The van der Waals surface area contributed by atoms with E-state index >= 15 is 0 Å². The summed E-state index contributed by atoms with van der Waals surface area (Å²) in [7, 11) is 0. The average molecular weight is 255 g/mol. The molecular weight excluding hydrogens is 242 g/mol. The highest BCUT2D eigenvalue weighted by Crippen LogP contribution is 2.31. The van der Waals surface area contributed by atoms with Crippen molar-refractivity contribution in [2.45, 2.75) is 17.6 Å². The Bertz CT molecular complexity index is 400. The van der Waals surface area contributed by atoms with E-state index in [-0.39, 0.29) is 10.8 Å². The van der Waals surface area contributed by atoms with Gasteiger partial charge in [-0.25, -0.2) is 0 Å². The Hall–Kier alpha value is -1.11.